The molecule has 9 heteroatoms. The molecule has 1 heterocycles. The number of nitro benzene ring substituents is 1. The lowest BCUT2D eigenvalue weighted by Gasteiger charge is -2.12. The molecule has 0 aliphatic rings. The van der Waals surface area contributed by atoms with Gasteiger partial charge in [0.1, 0.15) is 0 Å². The third-order valence-corrected chi connectivity index (χ3v) is 4.89. The largest absolute Gasteiger partial charge is 0.325 e. The quantitative estimate of drug-likeness (QED) is 0.408. The van der Waals surface area contributed by atoms with Crippen LogP contribution in [0.4, 0.5) is 11.4 Å². The lowest BCUT2D eigenvalue weighted by atomic mass is 10.3. The predicted molar refractivity (Wildman–Crippen MR) is 103 cm³/mol. The number of imidazole rings is 1. The van der Waals surface area contributed by atoms with Gasteiger partial charge in [-0.25, -0.2) is 4.98 Å². The first-order valence-electron chi connectivity index (χ1n) is 8.07. The molecule has 0 saturated heterocycles. The van der Waals surface area contributed by atoms with Gasteiger partial charge in [0, 0.05) is 24.7 Å². The summed E-state index contributed by atoms with van der Waals surface area (Å²) in [5, 5.41) is 13.3. The normalized spacial score (nSPS) is 11.9. The van der Waals surface area contributed by atoms with Crippen LogP contribution >= 0.6 is 11.8 Å². The molecule has 0 bridgehead atoms. The number of nitro groups is 1. The first kappa shape index (κ1) is 18.6. The van der Waals surface area contributed by atoms with Gasteiger partial charge in [-0.1, -0.05) is 23.9 Å². The summed E-state index contributed by atoms with van der Waals surface area (Å²) in [6.07, 6.45) is 0. The molecule has 1 aromatic heterocycles. The molecule has 1 amide bonds. The van der Waals surface area contributed by atoms with Crippen LogP contribution < -0.4 is 5.32 Å². The molecule has 0 fully saturated rings. The number of carbonyl (C=O) groups excluding carboxylic acids is 2. The van der Waals surface area contributed by atoms with Crippen molar-refractivity contribution in [3.63, 3.8) is 0 Å². The summed E-state index contributed by atoms with van der Waals surface area (Å²) in [5.74, 6) is -0.481. The SMILES string of the molecule is CC(=O)n1c(SC(C)C(=O)Nc2ccc([N+](=O)[O-])cc2)nc2ccccc21. The average Bonchev–Trinajstić information content (AvgIpc) is 3.00. The molecular weight excluding hydrogens is 368 g/mol. The molecule has 0 aliphatic heterocycles. The van der Waals surface area contributed by atoms with Gasteiger partial charge in [-0.3, -0.25) is 24.3 Å². The smallest absolute Gasteiger partial charge is 0.269 e. The van der Waals surface area contributed by atoms with Crippen molar-refractivity contribution < 1.29 is 14.5 Å². The van der Waals surface area contributed by atoms with Gasteiger partial charge < -0.3 is 5.32 Å². The van der Waals surface area contributed by atoms with Crippen molar-refractivity contribution in [3.05, 3.63) is 58.6 Å². The molecule has 27 heavy (non-hydrogen) atoms. The van der Waals surface area contributed by atoms with E-state index in [0.717, 1.165) is 0 Å². The number of fused-ring (bicyclic) bond motifs is 1. The molecule has 0 spiro atoms. The van der Waals surface area contributed by atoms with Crippen LogP contribution in [0.1, 0.15) is 18.6 Å². The number of non-ortho nitro benzene ring substituents is 1. The standard InChI is InChI=1S/C18H16N4O4S/c1-11(17(24)19-13-7-9-14(10-8-13)22(25)26)27-18-20-15-5-3-4-6-16(15)21(18)12(2)23/h3-11H,1-2H3,(H,19,24). The summed E-state index contributed by atoms with van der Waals surface area (Å²) in [7, 11) is 0. The fourth-order valence-corrected chi connectivity index (χ4v) is 3.47. The van der Waals surface area contributed by atoms with Crippen molar-refractivity contribution in [3.8, 4) is 0 Å². The number of nitrogens with zero attached hydrogens (tertiary/aromatic N) is 3. The number of hydrogen-bond donors (Lipinski definition) is 1. The Labute approximate surface area is 158 Å². The van der Waals surface area contributed by atoms with Gasteiger partial charge in [0.25, 0.3) is 5.69 Å². The maximum Gasteiger partial charge on any atom is 0.269 e. The third-order valence-electron chi connectivity index (χ3n) is 3.84. The number of para-hydroxylation sites is 2. The molecule has 8 nitrogen and oxygen atoms in total. The number of anilines is 1. The molecule has 0 radical (unpaired) electrons. The minimum absolute atomic E-state index is 0.0504. The van der Waals surface area contributed by atoms with Gasteiger partial charge in [0.2, 0.25) is 11.8 Å². The molecule has 3 rings (SSSR count). The van der Waals surface area contributed by atoms with Crippen molar-refractivity contribution in [2.24, 2.45) is 0 Å². The highest BCUT2D eigenvalue weighted by molar-refractivity contribution is 8.00. The molecule has 1 atom stereocenters. The van der Waals surface area contributed by atoms with Crippen LogP contribution in [0.15, 0.2) is 53.7 Å². The number of thioether (sulfide) groups is 1. The maximum atomic E-state index is 12.4. The molecule has 2 aromatic carbocycles. The zero-order valence-electron chi connectivity index (χ0n) is 14.6. The highest BCUT2D eigenvalue weighted by atomic mass is 32.2. The minimum atomic E-state index is -0.532. The summed E-state index contributed by atoms with van der Waals surface area (Å²) in [6.45, 7) is 3.15. The second kappa shape index (κ2) is 7.58. The predicted octanol–water partition coefficient (Wildman–Crippen LogP) is 3.72. The summed E-state index contributed by atoms with van der Waals surface area (Å²) >= 11 is 1.17. The fraction of sp³-hybridized carbons (Fsp3) is 0.167. The van der Waals surface area contributed by atoms with Crippen LogP contribution in [0.5, 0.6) is 0 Å². The van der Waals surface area contributed by atoms with E-state index in [1.54, 1.807) is 19.1 Å². The first-order valence-corrected chi connectivity index (χ1v) is 8.95. The summed E-state index contributed by atoms with van der Waals surface area (Å²) in [4.78, 5) is 39.1. The highest BCUT2D eigenvalue weighted by Crippen LogP contribution is 2.28. The first-order chi connectivity index (χ1) is 12.9. The van der Waals surface area contributed by atoms with Gasteiger partial charge in [0.05, 0.1) is 21.2 Å². The monoisotopic (exact) mass is 384 g/mol. The van der Waals surface area contributed by atoms with Crippen molar-refractivity contribution >= 4 is 46.0 Å². The lowest BCUT2D eigenvalue weighted by Crippen LogP contribution is -2.23. The molecule has 0 aliphatic carbocycles. The zero-order valence-corrected chi connectivity index (χ0v) is 15.4. The van der Waals surface area contributed by atoms with Crippen LogP contribution in [-0.2, 0) is 4.79 Å². The van der Waals surface area contributed by atoms with Gasteiger partial charge in [0.15, 0.2) is 5.16 Å². The molecule has 138 valence electrons. The van der Waals surface area contributed by atoms with Gasteiger partial charge in [-0.2, -0.15) is 0 Å². The zero-order chi connectivity index (χ0) is 19.6. The Hall–Kier alpha value is -3.20. The Bertz CT molecular complexity index is 1030. The lowest BCUT2D eigenvalue weighted by molar-refractivity contribution is -0.384. The van der Waals surface area contributed by atoms with E-state index in [1.165, 1.54) is 47.5 Å². The molecule has 1 N–H and O–H groups in total. The van der Waals surface area contributed by atoms with Crippen molar-refractivity contribution in [1.29, 1.82) is 0 Å². The minimum Gasteiger partial charge on any atom is -0.325 e. The van der Waals surface area contributed by atoms with E-state index in [-0.39, 0.29) is 17.5 Å². The number of rotatable bonds is 5. The van der Waals surface area contributed by atoms with E-state index < -0.39 is 10.2 Å². The van der Waals surface area contributed by atoms with Gasteiger partial charge in [-0.15, -0.1) is 0 Å². The van der Waals surface area contributed by atoms with E-state index in [0.29, 0.717) is 21.9 Å². The Balaban J connectivity index is 1.76. The molecule has 3 aromatic rings. The van der Waals surface area contributed by atoms with Crippen LogP contribution in [0, 0.1) is 10.1 Å². The average molecular weight is 384 g/mol. The topological polar surface area (TPSA) is 107 Å². The van der Waals surface area contributed by atoms with Crippen LogP contribution in [0.3, 0.4) is 0 Å². The maximum absolute atomic E-state index is 12.4. The number of hydrogen-bond acceptors (Lipinski definition) is 6. The highest BCUT2D eigenvalue weighted by Gasteiger charge is 2.21. The molecular formula is C18H16N4O4S. The Morgan fingerprint density at radius 2 is 1.85 bits per heavy atom. The number of carbonyl (C=O) groups is 2. The van der Waals surface area contributed by atoms with Crippen molar-refractivity contribution in [2.75, 3.05) is 5.32 Å². The van der Waals surface area contributed by atoms with E-state index in [1.807, 2.05) is 12.1 Å². The fourth-order valence-electron chi connectivity index (χ4n) is 2.51. The number of nitrogens with one attached hydrogen (secondary N) is 1. The van der Waals surface area contributed by atoms with Crippen molar-refractivity contribution in [1.82, 2.24) is 9.55 Å². The second-order valence-electron chi connectivity index (χ2n) is 5.79. The Kier molecular flexibility index (Phi) is 5.22. The number of aromatic nitrogens is 2. The molecule has 0 saturated carbocycles. The number of amides is 1. The van der Waals surface area contributed by atoms with E-state index in [9.17, 15) is 19.7 Å². The summed E-state index contributed by atoms with van der Waals surface area (Å²) < 4.78 is 1.48. The van der Waals surface area contributed by atoms with Crippen molar-refractivity contribution in [2.45, 2.75) is 24.3 Å². The molecule has 1 unspecified atom stereocenters. The van der Waals surface area contributed by atoms with Gasteiger partial charge in [-0.05, 0) is 31.2 Å². The summed E-state index contributed by atoms with van der Waals surface area (Å²) in [5.41, 5.74) is 1.78. The third kappa shape index (κ3) is 3.98. The Morgan fingerprint density at radius 1 is 1.19 bits per heavy atom. The van der Waals surface area contributed by atoms with Gasteiger partial charge >= 0.3 is 0 Å². The van der Waals surface area contributed by atoms with E-state index in [2.05, 4.69) is 10.3 Å². The van der Waals surface area contributed by atoms with E-state index >= 15 is 0 Å². The van der Waals surface area contributed by atoms with Crippen LogP contribution in [-0.4, -0.2) is 31.5 Å². The second-order valence-corrected chi connectivity index (χ2v) is 7.10. The Morgan fingerprint density at radius 3 is 2.48 bits per heavy atom. The van der Waals surface area contributed by atoms with Crippen LogP contribution in [0.25, 0.3) is 11.0 Å². The number of benzene rings is 2. The van der Waals surface area contributed by atoms with Crippen LogP contribution in [0.2, 0.25) is 0 Å². The summed E-state index contributed by atoms with van der Waals surface area (Å²) in [6, 6.07) is 12.8. The van der Waals surface area contributed by atoms with E-state index in [4.69, 9.17) is 0 Å².